The van der Waals surface area contributed by atoms with Gasteiger partial charge < -0.3 is 29.2 Å². The van der Waals surface area contributed by atoms with E-state index >= 15 is 0 Å². The van der Waals surface area contributed by atoms with Crippen LogP contribution < -0.4 is 15.0 Å². The Morgan fingerprint density at radius 3 is 1.89 bits per heavy atom. The first-order valence-corrected chi connectivity index (χ1v) is 15.3. The summed E-state index contributed by atoms with van der Waals surface area (Å²) in [6.45, 7) is 18.1. The number of carbonyl (C=O) groups is 4. The minimum absolute atomic E-state index is 0.138. The summed E-state index contributed by atoms with van der Waals surface area (Å²) in [6.07, 6.45) is 14.6. The van der Waals surface area contributed by atoms with E-state index < -0.39 is 0 Å². The molecule has 10 nitrogen and oxygen atoms in total. The van der Waals surface area contributed by atoms with Crippen molar-refractivity contribution in [3.8, 4) is 5.75 Å². The second-order valence-electron chi connectivity index (χ2n) is 8.56. The number of nitrogens with one attached hydrogen (secondary N) is 1. The van der Waals surface area contributed by atoms with Crippen molar-refractivity contribution in [3.05, 3.63) is 73.0 Å². The number of ketones is 1. The van der Waals surface area contributed by atoms with E-state index in [2.05, 4.69) is 19.2 Å². The van der Waals surface area contributed by atoms with Crippen molar-refractivity contribution < 1.29 is 38.1 Å². The fraction of sp³-hybridized carbons (Fsp3) is 0.486. The first-order valence-electron chi connectivity index (χ1n) is 15.3. The van der Waals surface area contributed by atoms with Crippen LogP contribution in [0.2, 0.25) is 0 Å². The quantitative estimate of drug-likeness (QED) is 0.0851. The zero-order valence-electron chi connectivity index (χ0n) is 28.6. The molecular weight excluding hydrogens is 576 g/mol. The lowest BCUT2D eigenvalue weighted by atomic mass is 10.2. The number of likely N-dealkylation sites (N-methyl/N-ethyl adjacent to an activating group) is 1. The molecule has 0 saturated carbocycles. The molecule has 0 spiro atoms. The molecule has 0 bridgehead atoms. The summed E-state index contributed by atoms with van der Waals surface area (Å²) in [5.41, 5.74) is 0.727. The van der Waals surface area contributed by atoms with Crippen molar-refractivity contribution in [3.63, 3.8) is 0 Å². The van der Waals surface area contributed by atoms with Gasteiger partial charge in [0.15, 0.2) is 5.78 Å². The van der Waals surface area contributed by atoms with Crippen LogP contribution in [0.15, 0.2) is 73.0 Å². The van der Waals surface area contributed by atoms with E-state index in [9.17, 15) is 19.2 Å². The molecule has 2 amide bonds. The van der Waals surface area contributed by atoms with Gasteiger partial charge in [-0.15, -0.1) is 0 Å². The molecule has 0 heterocycles. The van der Waals surface area contributed by atoms with E-state index in [0.29, 0.717) is 39.3 Å². The number of carbonyl (C=O) groups excluding carboxylic acids is 4. The lowest BCUT2D eigenvalue weighted by Crippen LogP contribution is -2.23. The number of amides is 2. The van der Waals surface area contributed by atoms with Crippen LogP contribution in [0.25, 0.3) is 0 Å². The van der Waals surface area contributed by atoms with E-state index in [-0.39, 0.29) is 17.6 Å². The van der Waals surface area contributed by atoms with Crippen LogP contribution in [-0.2, 0) is 33.4 Å². The summed E-state index contributed by atoms with van der Waals surface area (Å²) in [4.78, 5) is 44.4. The monoisotopic (exact) mass is 632 g/mol. The lowest BCUT2D eigenvalue weighted by Gasteiger charge is -2.15. The third kappa shape index (κ3) is 32.9. The highest BCUT2D eigenvalue weighted by Gasteiger charge is 2.07. The fourth-order valence-corrected chi connectivity index (χ4v) is 2.61. The molecule has 10 heteroatoms. The van der Waals surface area contributed by atoms with Crippen LogP contribution in [0, 0.1) is 0 Å². The van der Waals surface area contributed by atoms with Crippen LogP contribution in [0.4, 0.5) is 5.69 Å². The number of rotatable bonds is 19. The molecule has 0 aromatic heterocycles. The molecule has 0 aliphatic rings. The Morgan fingerprint density at radius 1 is 0.800 bits per heavy atom. The van der Waals surface area contributed by atoms with E-state index in [1.807, 2.05) is 32.9 Å². The van der Waals surface area contributed by atoms with Crippen molar-refractivity contribution >= 4 is 29.6 Å². The average molecular weight is 633 g/mol. The van der Waals surface area contributed by atoms with Crippen molar-refractivity contribution in [2.75, 3.05) is 58.2 Å². The van der Waals surface area contributed by atoms with Gasteiger partial charge in [0.25, 0.3) is 5.91 Å². The predicted molar refractivity (Wildman–Crippen MR) is 183 cm³/mol. The maximum Gasteiger partial charge on any atom is 0.250 e. The summed E-state index contributed by atoms with van der Waals surface area (Å²) >= 11 is 0. The molecule has 0 aliphatic heterocycles. The van der Waals surface area contributed by atoms with Gasteiger partial charge in [0.2, 0.25) is 5.91 Å². The molecule has 0 aliphatic carbocycles. The Kier molecular flexibility index (Phi) is 36.8. The van der Waals surface area contributed by atoms with Gasteiger partial charge in [-0.3, -0.25) is 19.2 Å². The van der Waals surface area contributed by atoms with Gasteiger partial charge in [-0.2, -0.15) is 0 Å². The standard InChI is InChI=1S/C16H21NO4.C9H18O2.C8H11NO2.C2H6/c1-3-11-20-12-13-21-15-8-6-14(7-9-15)17(2)16(19)5-4-10-18;1-3-5-7-11-9-8-10-6-4-2;1-3-6-9-8(11)5-4-7(2)10;1-2/h4-10H,3,11-13H2,1-2H3;3,5H,4,6-9H2,1-2H3;3-6H,1-2H3,(H,9,11);1-2H3/b5-4-;5-3-;5-4-,6-3+;. The number of benzene rings is 1. The van der Waals surface area contributed by atoms with E-state index in [0.717, 1.165) is 37.5 Å². The SMILES string of the molecule is C/C=C/NC(=O)/C=C\C(C)=O.C/C=C\COCCOCCC.CC.CCCOCCOc1ccc(N(C)C(=O)/C=C\C=O)cc1. The molecule has 0 saturated heterocycles. The van der Waals surface area contributed by atoms with Crippen LogP contribution in [-0.4, -0.2) is 77.2 Å². The first-order chi connectivity index (χ1) is 21.8. The first kappa shape index (κ1) is 45.6. The molecule has 0 fully saturated rings. The average Bonchev–Trinajstić information content (AvgIpc) is 3.06. The molecule has 0 radical (unpaired) electrons. The molecule has 1 aromatic rings. The smallest absolute Gasteiger partial charge is 0.250 e. The van der Waals surface area contributed by atoms with E-state index in [4.69, 9.17) is 18.9 Å². The normalized spacial score (nSPS) is 10.4. The Bertz CT molecular complexity index is 986. The molecule has 1 aromatic carbocycles. The third-order valence-electron chi connectivity index (χ3n) is 4.75. The van der Waals surface area contributed by atoms with Crippen molar-refractivity contribution in [2.45, 2.75) is 61.3 Å². The molecule has 0 atom stereocenters. The Morgan fingerprint density at radius 2 is 1.38 bits per heavy atom. The lowest BCUT2D eigenvalue weighted by molar-refractivity contribution is -0.116. The van der Waals surface area contributed by atoms with Gasteiger partial charge in [-0.05, 0) is 76.2 Å². The van der Waals surface area contributed by atoms with E-state index in [1.54, 1.807) is 44.3 Å². The number of allylic oxidation sites excluding steroid dienone is 4. The molecular formula is C35H56N2O8. The highest BCUT2D eigenvalue weighted by Crippen LogP contribution is 2.18. The van der Waals surface area contributed by atoms with Crippen molar-refractivity contribution in [2.24, 2.45) is 0 Å². The number of nitrogens with zero attached hydrogens (tertiary/aromatic N) is 1. The van der Waals surface area contributed by atoms with E-state index in [1.165, 1.54) is 42.3 Å². The maximum absolute atomic E-state index is 11.7. The molecule has 0 unspecified atom stereocenters. The van der Waals surface area contributed by atoms with Crippen LogP contribution in [0.3, 0.4) is 0 Å². The number of hydrogen-bond donors (Lipinski definition) is 1. The molecule has 45 heavy (non-hydrogen) atoms. The second kappa shape index (κ2) is 36.3. The molecule has 254 valence electrons. The highest BCUT2D eigenvalue weighted by molar-refractivity contribution is 6.02. The van der Waals surface area contributed by atoms with Gasteiger partial charge in [-0.1, -0.05) is 45.9 Å². The number of hydrogen-bond acceptors (Lipinski definition) is 8. The Hall–Kier alpha value is -3.86. The van der Waals surface area contributed by atoms with Gasteiger partial charge in [-0.25, -0.2) is 0 Å². The highest BCUT2D eigenvalue weighted by atomic mass is 16.5. The van der Waals surface area contributed by atoms with Crippen LogP contribution in [0.5, 0.6) is 5.75 Å². The zero-order chi connectivity index (χ0) is 34.6. The van der Waals surface area contributed by atoms with Crippen LogP contribution in [0.1, 0.15) is 61.3 Å². The van der Waals surface area contributed by atoms with Gasteiger partial charge in [0.1, 0.15) is 18.6 Å². The number of anilines is 1. The zero-order valence-corrected chi connectivity index (χ0v) is 28.6. The third-order valence-corrected chi connectivity index (χ3v) is 4.75. The van der Waals surface area contributed by atoms with Crippen molar-refractivity contribution in [1.82, 2.24) is 5.32 Å². The summed E-state index contributed by atoms with van der Waals surface area (Å²) < 4.78 is 21.3. The minimum Gasteiger partial charge on any atom is -0.491 e. The number of ether oxygens (including phenoxy) is 4. The van der Waals surface area contributed by atoms with Crippen LogP contribution >= 0.6 is 0 Å². The van der Waals surface area contributed by atoms with Crippen molar-refractivity contribution in [1.29, 1.82) is 0 Å². The van der Waals surface area contributed by atoms with Gasteiger partial charge in [0.05, 0.1) is 26.4 Å². The molecule has 1 N–H and O–H groups in total. The summed E-state index contributed by atoms with van der Waals surface area (Å²) in [7, 11) is 1.64. The Balaban J connectivity index is -0.000000624. The predicted octanol–water partition coefficient (Wildman–Crippen LogP) is 6.02. The molecule has 1 rings (SSSR count). The summed E-state index contributed by atoms with van der Waals surface area (Å²) in [5, 5.41) is 2.43. The van der Waals surface area contributed by atoms with Gasteiger partial charge >= 0.3 is 0 Å². The second-order valence-corrected chi connectivity index (χ2v) is 8.56. The summed E-state index contributed by atoms with van der Waals surface area (Å²) in [6, 6.07) is 7.16. The largest absolute Gasteiger partial charge is 0.491 e. The topological polar surface area (TPSA) is 120 Å². The summed E-state index contributed by atoms with van der Waals surface area (Å²) in [5.74, 6) is 0.0331. The fourth-order valence-electron chi connectivity index (χ4n) is 2.61. The van der Waals surface area contributed by atoms with Gasteiger partial charge in [0, 0.05) is 38.1 Å². The number of aldehydes is 1. The maximum atomic E-state index is 11.7. The minimum atomic E-state index is -0.293. The Labute approximate surface area is 271 Å².